The van der Waals surface area contributed by atoms with Crippen molar-refractivity contribution in [2.75, 3.05) is 13.1 Å². The van der Waals surface area contributed by atoms with Crippen LogP contribution in [0.4, 0.5) is 0 Å². The van der Waals surface area contributed by atoms with Crippen LogP contribution in [0.15, 0.2) is 0 Å². The minimum absolute atomic E-state index is 0.0185. The molecule has 0 saturated carbocycles. The first-order valence-corrected chi connectivity index (χ1v) is 4.63. The van der Waals surface area contributed by atoms with E-state index in [4.69, 9.17) is 0 Å². The van der Waals surface area contributed by atoms with Crippen LogP contribution in [0.1, 0.15) is 26.7 Å². The van der Waals surface area contributed by atoms with E-state index < -0.39 is 0 Å². The molecule has 1 saturated heterocycles. The minimum atomic E-state index is -0.301. The first-order chi connectivity index (χ1) is 5.69. The Morgan fingerprint density at radius 1 is 1.58 bits per heavy atom. The minimum Gasteiger partial charge on any atom is -0.392 e. The third-order valence-electron chi connectivity index (χ3n) is 2.51. The van der Waals surface area contributed by atoms with Crippen LogP contribution in [-0.2, 0) is 4.79 Å². The highest BCUT2D eigenvalue weighted by Crippen LogP contribution is 2.18. The first kappa shape index (κ1) is 9.68. The zero-order chi connectivity index (χ0) is 9.14. The van der Waals surface area contributed by atoms with E-state index in [0.717, 1.165) is 6.54 Å². The molecule has 2 atom stereocenters. The molecular weight excluding hydrogens is 154 g/mol. The van der Waals surface area contributed by atoms with Crippen LogP contribution in [0.5, 0.6) is 0 Å². The van der Waals surface area contributed by atoms with E-state index in [1.54, 1.807) is 0 Å². The summed E-state index contributed by atoms with van der Waals surface area (Å²) in [4.78, 5) is 13.4. The maximum absolute atomic E-state index is 11.4. The summed E-state index contributed by atoms with van der Waals surface area (Å²) in [6.07, 6.45) is 0.902. The second-order valence-electron chi connectivity index (χ2n) is 3.31. The summed E-state index contributed by atoms with van der Waals surface area (Å²) in [5.41, 5.74) is 0. The molecule has 0 amide bonds. The van der Waals surface area contributed by atoms with Crippen molar-refractivity contribution in [1.82, 2.24) is 4.90 Å². The molecule has 0 bridgehead atoms. The van der Waals surface area contributed by atoms with Crippen molar-refractivity contribution in [2.24, 2.45) is 0 Å². The van der Waals surface area contributed by atoms with Crippen molar-refractivity contribution < 1.29 is 9.90 Å². The summed E-state index contributed by atoms with van der Waals surface area (Å²) in [5.74, 6) is 0.258. The topological polar surface area (TPSA) is 40.5 Å². The van der Waals surface area contributed by atoms with Crippen molar-refractivity contribution >= 4 is 5.78 Å². The summed E-state index contributed by atoms with van der Waals surface area (Å²) >= 11 is 0. The van der Waals surface area contributed by atoms with Crippen LogP contribution in [0.3, 0.4) is 0 Å². The summed E-state index contributed by atoms with van der Waals surface area (Å²) in [7, 11) is 0. The molecule has 1 heterocycles. The second-order valence-corrected chi connectivity index (χ2v) is 3.31. The van der Waals surface area contributed by atoms with E-state index in [-0.39, 0.29) is 17.9 Å². The van der Waals surface area contributed by atoms with E-state index in [1.807, 2.05) is 13.8 Å². The number of Topliss-reactive ketones (excluding diaryl/α,β-unsaturated/α-hetero) is 1. The Morgan fingerprint density at radius 2 is 2.25 bits per heavy atom. The highest BCUT2D eigenvalue weighted by atomic mass is 16.3. The lowest BCUT2D eigenvalue weighted by atomic mass is 10.1. The SMILES string of the molecule is CCC(=O)C1CC(O)CN1CC. The van der Waals surface area contributed by atoms with Gasteiger partial charge < -0.3 is 5.11 Å². The number of carbonyl (C=O) groups is 1. The van der Waals surface area contributed by atoms with Crippen molar-refractivity contribution in [3.05, 3.63) is 0 Å². The number of β-amino-alcohol motifs (C(OH)–C–C–N with tert-alkyl or cyclic N) is 1. The molecular formula is C9H17NO2. The molecule has 3 nitrogen and oxygen atoms in total. The van der Waals surface area contributed by atoms with Crippen molar-refractivity contribution in [1.29, 1.82) is 0 Å². The van der Waals surface area contributed by atoms with Gasteiger partial charge in [0.05, 0.1) is 12.1 Å². The standard InChI is InChI=1S/C9H17NO2/c1-3-9(12)8-5-7(11)6-10(8)4-2/h7-8,11H,3-6H2,1-2H3. The first-order valence-electron chi connectivity index (χ1n) is 4.63. The summed E-state index contributed by atoms with van der Waals surface area (Å²) in [6, 6.07) is -0.0185. The predicted molar refractivity (Wildman–Crippen MR) is 47.0 cm³/mol. The number of ketones is 1. The van der Waals surface area contributed by atoms with E-state index in [1.165, 1.54) is 0 Å². The molecule has 1 aliphatic heterocycles. The fraction of sp³-hybridized carbons (Fsp3) is 0.889. The highest BCUT2D eigenvalue weighted by molar-refractivity contribution is 5.84. The van der Waals surface area contributed by atoms with Crippen LogP contribution >= 0.6 is 0 Å². The quantitative estimate of drug-likeness (QED) is 0.669. The van der Waals surface area contributed by atoms with E-state index >= 15 is 0 Å². The van der Waals surface area contributed by atoms with Crippen LogP contribution in [0.25, 0.3) is 0 Å². The van der Waals surface area contributed by atoms with Gasteiger partial charge in [-0.05, 0) is 13.0 Å². The van der Waals surface area contributed by atoms with E-state index in [0.29, 0.717) is 19.4 Å². The zero-order valence-corrected chi connectivity index (χ0v) is 7.79. The fourth-order valence-electron chi connectivity index (χ4n) is 1.80. The van der Waals surface area contributed by atoms with Gasteiger partial charge in [0.25, 0.3) is 0 Å². The maximum atomic E-state index is 11.4. The van der Waals surface area contributed by atoms with Crippen LogP contribution in [0.2, 0.25) is 0 Å². The number of aliphatic hydroxyl groups is 1. The van der Waals surface area contributed by atoms with Gasteiger partial charge in [-0.15, -0.1) is 0 Å². The Bertz CT molecular complexity index is 170. The van der Waals surface area contributed by atoms with E-state index in [9.17, 15) is 9.90 Å². The number of carbonyl (C=O) groups excluding carboxylic acids is 1. The Labute approximate surface area is 73.4 Å². The van der Waals surface area contributed by atoms with Gasteiger partial charge in [-0.1, -0.05) is 13.8 Å². The molecule has 0 aromatic rings. The smallest absolute Gasteiger partial charge is 0.149 e. The number of nitrogens with zero attached hydrogens (tertiary/aromatic N) is 1. The fourth-order valence-corrected chi connectivity index (χ4v) is 1.80. The lowest BCUT2D eigenvalue weighted by molar-refractivity contribution is -0.123. The van der Waals surface area contributed by atoms with Gasteiger partial charge >= 0.3 is 0 Å². The number of hydrogen-bond donors (Lipinski definition) is 1. The van der Waals surface area contributed by atoms with Crippen LogP contribution < -0.4 is 0 Å². The molecule has 1 rings (SSSR count). The van der Waals surface area contributed by atoms with Crippen LogP contribution in [0, 0.1) is 0 Å². The van der Waals surface area contributed by atoms with Crippen molar-refractivity contribution in [3.8, 4) is 0 Å². The normalized spacial score (nSPS) is 30.9. The Kier molecular flexibility index (Phi) is 3.23. The molecule has 70 valence electrons. The number of likely N-dealkylation sites (tertiary alicyclic amines) is 1. The monoisotopic (exact) mass is 171 g/mol. The lowest BCUT2D eigenvalue weighted by Gasteiger charge is -2.20. The van der Waals surface area contributed by atoms with Gasteiger partial charge in [0, 0.05) is 13.0 Å². The summed E-state index contributed by atoms with van der Waals surface area (Å²) in [5, 5.41) is 9.35. The molecule has 1 aliphatic rings. The number of aliphatic hydroxyl groups excluding tert-OH is 1. The third kappa shape index (κ3) is 1.84. The third-order valence-corrected chi connectivity index (χ3v) is 2.51. The van der Waals surface area contributed by atoms with Gasteiger partial charge in [0.15, 0.2) is 0 Å². The van der Waals surface area contributed by atoms with Gasteiger partial charge in [0.2, 0.25) is 0 Å². The van der Waals surface area contributed by atoms with Gasteiger partial charge in [-0.3, -0.25) is 9.69 Å². The Hall–Kier alpha value is -0.410. The van der Waals surface area contributed by atoms with Crippen molar-refractivity contribution in [2.45, 2.75) is 38.8 Å². The molecule has 0 aromatic heterocycles. The molecule has 3 heteroatoms. The Balaban J connectivity index is 2.57. The van der Waals surface area contributed by atoms with Crippen LogP contribution in [-0.4, -0.2) is 41.0 Å². The zero-order valence-electron chi connectivity index (χ0n) is 7.79. The number of likely N-dealkylation sites (N-methyl/N-ethyl adjacent to an activating group) is 1. The van der Waals surface area contributed by atoms with Gasteiger partial charge in [-0.25, -0.2) is 0 Å². The van der Waals surface area contributed by atoms with Gasteiger partial charge in [0.1, 0.15) is 5.78 Å². The molecule has 0 radical (unpaired) electrons. The van der Waals surface area contributed by atoms with Crippen molar-refractivity contribution in [3.63, 3.8) is 0 Å². The maximum Gasteiger partial charge on any atom is 0.149 e. The number of hydrogen-bond acceptors (Lipinski definition) is 3. The lowest BCUT2D eigenvalue weighted by Crippen LogP contribution is -2.35. The predicted octanol–water partition coefficient (Wildman–Crippen LogP) is 0.421. The molecule has 1 fully saturated rings. The number of rotatable bonds is 3. The highest BCUT2D eigenvalue weighted by Gasteiger charge is 2.33. The summed E-state index contributed by atoms with van der Waals surface area (Å²) < 4.78 is 0. The molecule has 1 N–H and O–H groups in total. The largest absolute Gasteiger partial charge is 0.392 e. The molecule has 0 aromatic carbocycles. The molecule has 0 spiro atoms. The average molecular weight is 171 g/mol. The molecule has 0 aliphatic carbocycles. The molecule has 2 unspecified atom stereocenters. The van der Waals surface area contributed by atoms with Gasteiger partial charge in [-0.2, -0.15) is 0 Å². The second kappa shape index (κ2) is 4.01. The average Bonchev–Trinajstić information content (AvgIpc) is 2.45. The molecule has 12 heavy (non-hydrogen) atoms. The summed E-state index contributed by atoms with van der Waals surface area (Å²) in [6.45, 7) is 5.41. The van der Waals surface area contributed by atoms with E-state index in [2.05, 4.69) is 4.90 Å². The Morgan fingerprint density at radius 3 is 2.75 bits per heavy atom.